The second kappa shape index (κ2) is 4.61. The van der Waals surface area contributed by atoms with Crippen molar-refractivity contribution in [3.05, 3.63) is 28.3 Å². The van der Waals surface area contributed by atoms with Crippen LogP contribution < -0.4 is 10.6 Å². The van der Waals surface area contributed by atoms with Gasteiger partial charge in [0.1, 0.15) is 6.10 Å². The maximum absolute atomic E-state index is 11.9. The lowest BCUT2D eigenvalue weighted by Crippen LogP contribution is -2.28. The molecule has 1 atom stereocenters. The average molecular weight is 248 g/mol. The summed E-state index contributed by atoms with van der Waals surface area (Å²) in [6, 6.07) is 2.15. The van der Waals surface area contributed by atoms with Crippen LogP contribution in [-0.4, -0.2) is 25.3 Å². The van der Waals surface area contributed by atoms with Crippen molar-refractivity contribution >= 4 is 11.8 Å². The van der Waals surface area contributed by atoms with Crippen LogP contribution in [0, 0.1) is 27.7 Å². The summed E-state index contributed by atoms with van der Waals surface area (Å²) in [6.07, 6.45) is -0.487. The van der Waals surface area contributed by atoms with Gasteiger partial charge in [-0.05, 0) is 49.9 Å². The first-order chi connectivity index (χ1) is 8.45. The summed E-state index contributed by atoms with van der Waals surface area (Å²) < 4.78 is 5.23. The van der Waals surface area contributed by atoms with E-state index < -0.39 is 0 Å². The molecule has 1 heterocycles. The minimum atomic E-state index is -0.290. The van der Waals surface area contributed by atoms with Gasteiger partial charge >= 0.3 is 6.09 Å². The van der Waals surface area contributed by atoms with Crippen molar-refractivity contribution < 1.29 is 9.53 Å². The normalized spacial score (nSPS) is 19.3. The molecule has 0 aromatic heterocycles. The fraction of sp³-hybridized carbons (Fsp3) is 0.500. The van der Waals surface area contributed by atoms with Gasteiger partial charge in [0.05, 0.1) is 12.2 Å². The van der Waals surface area contributed by atoms with Crippen LogP contribution in [0.5, 0.6) is 0 Å². The molecule has 0 radical (unpaired) electrons. The zero-order valence-electron chi connectivity index (χ0n) is 11.4. The van der Waals surface area contributed by atoms with Crippen LogP contribution in [-0.2, 0) is 4.74 Å². The summed E-state index contributed by atoms with van der Waals surface area (Å²) in [5, 5.41) is 0. The van der Waals surface area contributed by atoms with Gasteiger partial charge in [0.15, 0.2) is 0 Å². The van der Waals surface area contributed by atoms with Gasteiger partial charge in [-0.3, -0.25) is 4.90 Å². The van der Waals surface area contributed by atoms with Crippen molar-refractivity contribution in [1.29, 1.82) is 0 Å². The second-order valence-corrected chi connectivity index (χ2v) is 4.96. The number of anilines is 1. The fourth-order valence-corrected chi connectivity index (χ4v) is 2.43. The topological polar surface area (TPSA) is 55.6 Å². The van der Waals surface area contributed by atoms with Gasteiger partial charge < -0.3 is 10.5 Å². The summed E-state index contributed by atoms with van der Waals surface area (Å²) in [5.74, 6) is 0. The fourth-order valence-electron chi connectivity index (χ4n) is 2.43. The van der Waals surface area contributed by atoms with Crippen LogP contribution in [0.4, 0.5) is 10.5 Å². The summed E-state index contributed by atoms with van der Waals surface area (Å²) in [4.78, 5) is 13.6. The number of cyclic esters (lactones) is 1. The largest absolute Gasteiger partial charge is 0.443 e. The molecule has 2 rings (SSSR count). The Bertz CT molecular complexity index is 471. The number of carbonyl (C=O) groups excluding carboxylic acids is 1. The molecule has 18 heavy (non-hydrogen) atoms. The summed E-state index contributed by atoms with van der Waals surface area (Å²) >= 11 is 0. The molecule has 0 saturated carbocycles. The Balaban J connectivity index is 2.48. The minimum absolute atomic E-state index is 0.197. The van der Waals surface area contributed by atoms with Crippen molar-refractivity contribution in [2.45, 2.75) is 33.8 Å². The molecule has 0 aliphatic carbocycles. The molecule has 1 saturated heterocycles. The van der Waals surface area contributed by atoms with E-state index in [0.717, 1.165) is 16.8 Å². The number of hydrogen-bond donors (Lipinski definition) is 1. The van der Waals surface area contributed by atoms with Gasteiger partial charge in [-0.15, -0.1) is 0 Å². The molecular formula is C14H20N2O2. The Morgan fingerprint density at radius 3 is 2.28 bits per heavy atom. The molecule has 98 valence electrons. The molecule has 0 bridgehead atoms. The highest BCUT2D eigenvalue weighted by molar-refractivity contribution is 5.92. The van der Waals surface area contributed by atoms with Gasteiger partial charge in [-0.1, -0.05) is 6.07 Å². The first-order valence-corrected chi connectivity index (χ1v) is 6.21. The quantitative estimate of drug-likeness (QED) is 0.873. The highest BCUT2D eigenvalue weighted by Gasteiger charge is 2.33. The van der Waals surface area contributed by atoms with Gasteiger partial charge in [0.2, 0.25) is 0 Å². The van der Waals surface area contributed by atoms with E-state index in [1.54, 1.807) is 4.90 Å². The Morgan fingerprint density at radius 1 is 1.28 bits per heavy atom. The molecule has 1 aromatic carbocycles. The molecule has 4 nitrogen and oxygen atoms in total. The molecule has 1 amide bonds. The standard InChI is InChI=1S/C14H20N2O2/c1-8-5-9(2)11(4)13(10(8)3)16-7-12(6-15)18-14(16)17/h5,12H,6-7,15H2,1-4H3. The minimum Gasteiger partial charge on any atom is -0.443 e. The number of amides is 1. The van der Waals surface area contributed by atoms with Crippen molar-refractivity contribution in [3.8, 4) is 0 Å². The van der Waals surface area contributed by atoms with Crippen LogP contribution >= 0.6 is 0 Å². The summed E-state index contributed by atoms with van der Waals surface area (Å²) in [6.45, 7) is 9.12. The molecule has 0 spiro atoms. The lowest BCUT2D eigenvalue weighted by Gasteiger charge is -2.21. The lowest BCUT2D eigenvalue weighted by molar-refractivity contribution is 0.145. The predicted molar refractivity (Wildman–Crippen MR) is 72.1 cm³/mol. The zero-order chi connectivity index (χ0) is 13.4. The Morgan fingerprint density at radius 2 is 1.83 bits per heavy atom. The van der Waals surface area contributed by atoms with Crippen molar-refractivity contribution in [2.24, 2.45) is 5.73 Å². The SMILES string of the molecule is Cc1cc(C)c(C)c(N2CC(CN)OC2=O)c1C. The van der Waals surface area contributed by atoms with Crippen LogP contribution in [0.3, 0.4) is 0 Å². The first-order valence-electron chi connectivity index (χ1n) is 6.21. The Kier molecular flexibility index (Phi) is 3.30. The molecular weight excluding hydrogens is 228 g/mol. The number of benzene rings is 1. The van der Waals surface area contributed by atoms with E-state index >= 15 is 0 Å². The third-order valence-electron chi connectivity index (χ3n) is 3.73. The van der Waals surface area contributed by atoms with E-state index in [1.165, 1.54) is 11.1 Å². The monoisotopic (exact) mass is 248 g/mol. The van der Waals surface area contributed by atoms with E-state index in [-0.39, 0.29) is 12.2 Å². The number of rotatable bonds is 2. The van der Waals surface area contributed by atoms with Crippen molar-refractivity contribution in [1.82, 2.24) is 0 Å². The number of nitrogens with zero attached hydrogens (tertiary/aromatic N) is 1. The van der Waals surface area contributed by atoms with E-state index in [2.05, 4.69) is 19.9 Å². The maximum atomic E-state index is 11.9. The third kappa shape index (κ3) is 1.97. The molecule has 1 fully saturated rings. The van der Waals surface area contributed by atoms with E-state index in [9.17, 15) is 4.79 Å². The second-order valence-electron chi connectivity index (χ2n) is 4.96. The van der Waals surface area contributed by atoms with Crippen LogP contribution in [0.2, 0.25) is 0 Å². The molecule has 1 unspecified atom stereocenters. The van der Waals surface area contributed by atoms with Crippen LogP contribution in [0.15, 0.2) is 6.07 Å². The molecule has 4 heteroatoms. The molecule has 2 N–H and O–H groups in total. The predicted octanol–water partition coefficient (Wildman–Crippen LogP) is 2.20. The number of hydrogen-bond acceptors (Lipinski definition) is 3. The van der Waals surface area contributed by atoms with E-state index in [0.29, 0.717) is 13.1 Å². The maximum Gasteiger partial charge on any atom is 0.414 e. The zero-order valence-corrected chi connectivity index (χ0v) is 11.4. The highest BCUT2D eigenvalue weighted by Crippen LogP contribution is 2.32. The van der Waals surface area contributed by atoms with Crippen LogP contribution in [0.25, 0.3) is 0 Å². The van der Waals surface area contributed by atoms with Gasteiger partial charge in [-0.2, -0.15) is 0 Å². The van der Waals surface area contributed by atoms with Crippen molar-refractivity contribution in [2.75, 3.05) is 18.0 Å². The molecule has 1 aromatic rings. The number of ether oxygens (including phenoxy) is 1. The van der Waals surface area contributed by atoms with Gasteiger partial charge in [-0.25, -0.2) is 4.79 Å². The van der Waals surface area contributed by atoms with E-state index in [4.69, 9.17) is 10.5 Å². The van der Waals surface area contributed by atoms with Gasteiger partial charge in [0, 0.05) is 6.54 Å². The third-order valence-corrected chi connectivity index (χ3v) is 3.73. The first kappa shape index (κ1) is 12.9. The lowest BCUT2D eigenvalue weighted by atomic mass is 9.98. The number of nitrogens with two attached hydrogens (primary N) is 1. The Hall–Kier alpha value is -1.55. The summed E-state index contributed by atoms with van der Waals surface area (Å²) in [7, 11) is 0. The summed E-state index contributed by atoms with van der Waals surface area (Å²) in [5.41, 5.74) is 11.2. The number of aryl methyl sites for hydroxylation is 2. The average Bonchev–Trinajstić information content (AvgIpc) is 2.69. The molecule has 1 aliphatic rings. The Labute approximate surface area is 108 Å². The van der Waals surface area contributed by atoms with Gasteiger partial charge in [0.25, 0.3) is 0 Å². The highest BCUT2D eigenvalue weighted by atomic mass is 16.6. The molecule has 1 aliphatic heterocycles. The van der Waals surface area contributed by atoms with E-state index in [1.807, 2.05) is 13.8 Å². The number of carbonyl (C=O) groups is 1. The van der Waals surface area contributed by atoms with Crippen molar-refractivity contribution in [3.63, 3.8) is 0 Å². The smallest absolute Gasteiger partial charge is 0.414 e. The van der Waals surface area contributed by atoms with Crippen LogP contribution in [0.1, 0.15) is 22.3 Å².